The van der Waals surface area contributed by atoms with Gasteiger partial charge in [0.25, 0.3) is 0 Å². The first-order chi connectivity index (χ1) is 13.6. The highest BCUT2D eigenvalue weighted by Gasteiger charge is 2.08. The molecule has 28 heavy (non-hydrogen) atoms. The van der Waals surface area contributed by atoms with Gasteiger partial charge in [0.15, 0.2) is 0 Å². The summed E-state index contributed by atoms with van der Waals surface area (Å²) in [5.41, 5.74) is 4.58. The van der Waals surface area contributed by atoms with E-state index in [1.165, 1.54) is 5.69 Å². The van der Waals surface area contributed by atoms with Crippen molar-refractivity contribution in [2.24, 2.45) is 0 Å². The molecule has 0 atom stereocenters. The molecule has 0 aliphatic heterocycles. The van der Waals surface area contributed by atoms with Gasteiger partial charge in [-0.1, -0.05) is 12.1 Å². The highest BCUT2D eigenvalue weighted by Crippen LogP contribution is 2.25. The molecule has 0 aliphatic carbocycles. The molecule has 2 N–H and O–H groups in total. The lowest BCUT2D eigenvalue weighted by Gasteiger charge is -2.22. The van der Waals surface area contributed by atoms with Crippen LogP contribution in [0.25, 0.3) is 0 Å². The van der Waals surface area contributed by atoms with Crippen LogP contribution in [0.5, 0.6) is 0 Å². The second-order valence-corrected chi connectivity index (χ2v) is 6.34. The predicted molar refractivity (Wildman–Crippen MR) is 114 cm³/mol. The van der Waals surface area contributed by atoms with Gasteiger partial charge in [0.2, 0.25) is 5.95 Å². The Hall–Kier alpha value is -3.59. The number of hydrogen-bond donors (Lipinski definition) is 2. The number of anilines is 5. The van der Waals surface area contributed by atoms with E-state index in [9.17, 15) is 5.26 Å². The van der Waals surface area contributed by atoms with Crippen molar-refractivity contribution in [1.29, 1.82) is 5.26 Å². The van der Waals surface area contributed by atoms with E-state index in [2.05, 4.69) is 70.5 Å². The van der Waals surface area contributed by atoms with Crippen molar-refractivity contribution < 1.29 is 0 Å². The SMILES string of the molecule is CCN(CC)c1ccc(Nc2nccc(Nc3ccccc3C#N)n2)c(C)c1. The molecular weight excluding hydrogens is 348 g/mol. The summed E-state index contributed by atoms with van der Waals surface area (Å²) in [6, 6.07) is 17.6. The Morgan fingerprint density at radius 3 is 2.50 bits per heavy atom. The normalized spacial score (nSPS) is 10.2. The van der Waals surface area contributed by atoms with Gasteiger partial charge in [-0.2, -0.15) is 10.2 Å². The number of nitrogens with zero attached hydrogens (tertiary/aromatic N) is 4. The minimum absolute atomic E-state index is 0.498. The monoisotopic (exact) mass is 372 g/mol. The van der Waals surface area contributed by atoms with E-state index in [-0.39, 0.29) is 0 Å². The molecule has 0 radical (unpaired) electrons. The number of aromatic nitrogens is 2. The van der Waals surface area contributed by atoms with Crippen LogP contribution in [0.2, 0.25) is 0 Å². The number of aryl methyl sites for hydroxylation is 1. The largest absolute Gasteiger partial charge is 0.372 e. The molecule has 1 aromatic heterocycles. The summed E-state index contributed by atoms with van der Waals surface area (Å²) >= 11 is 0. The van der Waals surface area contributed by atoms with Crippen molar-refractivity contribution in [3.8, 4) is 6.07 Å². The number of hydrogen-bond acceptors (Lipinski definition) is 6. The summed E-state index contributed by atoms with van der Waals surface area (Å²) in [7, 11) is 0. The van der Waals surface area contributed by atoms with Crippen LogP contribution >= 0.6 is 0 Å². The van der Waals surface area contributed by atoms with Crippen LogP contribution < -0.4 is 15.5 Å². The molecule has 2 aromatic carbocycles. The third-order valence-electron chi connectivity index (χ3n) is 4.55. The minimum Gasteiger partial charge on any atom is -0.372 e. The fourth-order valence-corrected chi connectivity index (χ4v) is 3.01. The molecule has 0 aliphatic rings. The highest BCUT2D eigenvalue weighted by molar-refractivity contribution is 5.67. The molecule has 0 spiro atoms. The molecule has 0 fully saturated rings. The van der Waals surface area contributed by atoms with E-state index in [1.54, 1.807) is 18.3 Å². The maximum Gasteiger partial charge on any atom is 0.229 e. The first-order valence-electron chi connectivity index (χ1n) is 9.36. The maximum atomic E-state index is 9.23. The summed E-state index contributed by atoms with van der Waals surface area (Å²) in [6.45, 7) is 8.33. The molecular formula is C22H24N6. The van der Waals surface area contributed by atoms with Gasteiger partial charge in [-0.25, -0.2) is 4.98 Å². The van der Waals surface area contributed by atoms with E-state index in [0.29, 0.717) is 17.3 Å². The van der Waals surface area contributed by atoms with Gasteiger partial charge in [0.1, 0.15) is 11.9 Å². The van der Waals surface area contributed by atoms with Crippen LogP contribution in [0.3, 0.4) is 0 Å². The molecule has 0 bridgehead atoms. The first kappa shape index (κ1) is 19.2. The second kappa shape index (κ2) is 8.87. The standard InChI is InChI=1S/C22H24N6/c1-4-28(5-2)18-10-11-19(16(3)14-18)26-22-24-13-12-21(27-22)25-20-9-7-6-8-17(20)15-23/h6-14H,4-5H2,1-3H3,(H2,24,25,26,27). The number of nitriles is 1. The molecule has 3 aromatic rings. The zero-order chi connectivity index (χ0) is 19.9. The maximum absolute atomic E-state index is 9.23. The predicted octanol–water partition coefficient (Wildman–Crippen LogP) is 4.99. The van der Waals surface area contributed by atoms with E-state index < -0.39 is 0 Å². The number of benzene rings is 2. The van der Waals surface area contributed by atoms with Gasteiger partial charge in [-0.3, -0.25) is 0 Å². The van der Waals surface area contributed by atoms with Crippen LogP contribution in [-0.2, 0) is 0 Å². The van der Waals surface area contributed by atoms with Crippen LogP contribution in [0.15, 0.2) is 54.7 Å². The van der Waals surface area contributed by atoms with Crippen LogP contribution in [0.4, 0.5) is 28.8 Å². The van der Waals surface area contributed by atoms with Crippen molar-refractivity contribution in [1.82, 2.24) is 9.97 Å². The Kier molecular flexibility index (Phi) is 6.07. The van der Waals surface area contributed by atoms with Crippen LogP contribution in [0.1, 0.15) is 25.0 Å². The van der Waals surface area contributed by atoms with Crippen LogP contribution in [-0.4, -0.2) is 23.1 Å². The average molecular weight is 372 g/mol. The Balaban J connectivity index is 1.79. The smallest absolute Gasteiger partial charge is 0.229 e. The molecule has 0 amide bonds. The fraction of sp³-hybridized carbons (Fsp3) is 0.227. The molecule has 1 heterocycles. The van der Waals surface area contributed by atoms with E-state index in [4.69, 9.17) is 0 Å². The van der Waals surface area contributed by atoms with Crippen molar-refractivity contribution in [3.63, 3.8) is 0 Å². The molecule has 6 heteroatoms. The topological polar surface area (TPSA) is 76.9 Å². The minimum atomic E-state index is 0.498. The van der Waals surface area contributed by atoms with Crippen LogP contribution in [0, 0.1) is 18.3 Å². The Bertz CT molecular complexity index is 988. The Morgan fingerprint density at radius 2 is 1.79 bits per heavy atom. The lowest BCUT2D eigenvalue weighted by Crippen LogP contribution is -2.21. The average Bonchev–Trinajstić information content (AvgIpc) is 2.71. The van der Waals surface area contributed by atoms with Crippen molar-refractivity contribution in [3.05, 3.63) is 65.9 Å². The number of nitrogens with one attached hydrogen (secondary N) is 2. The first-order valence-corrected chi connectivity index (χ1v) is 9.36. The lowest BCUT2D eigenvalue weighted by molar-refractivity contribution is 0.866. The van der Waals surface area contributed by atoms with Gasteiger partial charge in [-0.15, -0.1) is 0 Å². The van der Waals surface area contributed by atoms with E-state index in [0.717, 1.165) is 30.0 Å². The lowest BCUT2D eigenvalue weighted by atomic mass is 10.1. The fourth-order valence-electron chi connectivity index (χ4n) is 3.01. The zero-order valence-electron chi connectivity index (χ0n) is 16.4. The zero-order valence-corrected chi connectivity index (χ0v) is 16.4. The Morgan fingerprint density at radius 1 is 1.00 bits per heavy atom. The molecule has 0 unspecified atom stereocenters. The number of rotatable bonds is 7. The molecule has 142 valence electrons. The summed E-state index contributed by atoms with van der Waals surface area (Å²) in [6.07, 6.45) is 1.69. The van der Waals surface area contributed by atoms with Crippen molar-refractivity contribution >= 4 is 28.8 Å². The van der Waals surface area contributed by atoms with Crippen molar-refractivity contribution in [2.75, 3.05) is 28.6 Å². The summed E-state index contributed by atoms with van der Waals surface area (Å²) in [4.78, 5) is 11.1. The summed E-state index contributed by atoms with van der Waals surface area (Å²) in [5.74, 6) is 1.12. The second-order valence-electron chi connectivity index (χ2n) is 6.34. The molecule has 3 rings (SSSR count). The Labute approximate surface area is 165 Å². The summed E-state index contributed by atoms with van der Waals surface area (Å²) in [5, 5.41) is 15.7. The molecule has 0 saturated heterocycles. The third-order valence-corrected chi connectivity index (χ3v) is 4.55. The van der Waals surface area contributed by atoms with Gasteiger partial charge < -0.3 is 15.5 Å². The number of para-hydroxylation sites is 1. The van der Waals surface area contributed by atoms with Gasteiger partial charge in [0.05, 0.1) is 11.3 Å². The van der Waals surface area contributed by atoms with Gasteiger partial charge in [-0.05, 0) is 62.7 Å². The molecule has 0 saturated carbocycles. The quantitative estimate of drug-likeness (QED) is 0.608. The van der Waals surface area contributed by atoms with E-state index >= 15 is 0 Å². The van der Waals surface area contributed by atoms with Gasteiger partial charge in [0, 0.05) is 30.7 Å². The van der Waals surface area contributed by atoms with Gasteiger partial charge >= 0.3 is 0 Å². The van der Waals surface area contributed by atoms with E-state index in [1.807, 2.05) is 18.2 Å². The third kappa shape index (κ3) is 4.38. The van der Waals surface area contributed by atoms with Crippen molar-refractivity contribution in [2.45, 2.75) is 20.8 Å². The molecule has 6 nitrogen and oxygen atoms in total. The highest BCUT2D eigenvalue weighted by atomic mass is 15.1. The summed E-state index contributed by atoms with van der Waals surface area (Å²) < 4.78 is 0.